The smallest absolute Gasteiger partial charge is 0.172 e. The molecule has 4 heterocycles. The van der Waals surface area contributed by atoms with E-state index >= 15 is 0 Å². The Balaban J connectivity index is 1.76. The first kappa shape index (κ1) is 11.8. The Kier molecular flexibility index (Phi) is 2.37. The van der Waals surface area contributed by atoms with E-state index in [4.69, 9.17) is 5.26 Å². The highest BCUT2D eigenvalue weighted by molar-refractivity contribution is 5.53. The van der Waals surface area contributed by atoms with Crippen molar-refractivity contribution in [1.82, 2.24) is 19.9 Å². The molecule has 6 heteroatoms. The molecule has 102 valence electrons. The Bertz CT molecular complexity index is 704. The average Bonchev–Trinajstić information content (AvgIpc) is 3.01. The van der Waals surface area contributed by atoms with Crippen LogP contribution in [0.1, 0.15) is 36.8 Å². The second-order valence-corrected chi connectivity index (χ2v) is 5.86. The Morgan fingerprint density at radius 2 is 2.10 bits per heavy atom. The van der Waals surface area contributed by atoms with Crippen molar-refractivity contribution in [3.63, 3.8) is 0 Å². The van der Waals surface area contributed by atoms with Gasteiger partial charge in [0.1, 0.15) is 11.6 Å². The summed E-state index contributed by atoms with van der Waals surface area (Å²) in [7, 11) is 0. The van der Waals surface area contributed by atoms with Crippen molar-refractivity contribution in [3.05, 3.63) is 29.7 Å². The van der Waals surface area contributed by atoms with E-state index in [0.717, 1.165) is 18.4 Å². The third-order valence-electron chi connectivity index (χ3n) is 4.52. The topological polar surface area (TPSA) is 86.2 Å². The molecule has 20 heavy (non-hydrogen) atoms. The van der Waals surface area contributed by atoms with Gasteiger partial charge in [0.05, 0.1) is 11.8 Å². The standard InChI is InChI=1S/C14H15N5O/c15-5-9-6-17-19-8-10(7-16-13(9)19)14(20)3-11-1-2-12(4-14)18-11/h6-8,11-12,18,20H,1-4H2. The Morgan fingerprint density at radius 1 is 1.35 bits per heavy atom. The molecule has 0 saturated carbocycles. The van der Waals surface area contributed by atoms with E-state index in [1.54, 1.807) is 16.9 Å². The van der Waals surface area contributed by atoms with Gasteiger partial charge in [-0.2, -0.15) is 10.4 Å². The summed E-state index contributed by atoms with van der Waals surface area (Å²) in [5.74, 6) is 0. The number of nitriles is 1. The van der Waals surface area contributed by atoms with Gasteiger partial charge in [0, 0.05) is 30.0 Å². The quantitative estimate of drug-likeness (QED) is 0.796. The van der Waals surface area contributed by atoms with Crippen LogP contribution in [0.5, 0.6) is 0 Å². The number of aliphatic hydroxyl groups is 1. The van der Waals surface area contributed by atoms with E-state index in [1.165, 1.54) is 6.20 Å². The molecule has 2 aromatic rings. The largest absolute Gasteiger partial charge is 0.385 e. The predicted octanol–water partition coefficient (Wildman–Crippen LogP) is 0.703. The summed E-state index contributed by atoms with van der Waals surface area (Å²) in [6.07, 6.45) is 8.66. The first-order valence-electron chi connectivity index (χ1n) is 6.90. The van der Waals surface area contributed by atoms with Gasteiger partial charge < -0.3 is 10.4 Å². The maximum absolute atomic E-state index is 11.0. The van der Waals surface area contributed by atoms with Crippen molar-refractivity contribution in [3.8, 4) is 6.07 Å². The fraction of sp³-hybridized carbons (Fsp3) is 0.500. The summed E-state index contributed by atoms with van der Waals surface area (Å²) in [6.45, 7) is 0. The number of nitrogens with zero attached hydrogens (tertiary/aromatic N) is 4. The maximum atomic E-state index is 11.0. The van der Waals surface area contributed by atoms with E-state index in [9.17, 15) is 5.11 Å². The molecule has 0 radical (unpaired) electrons. The molecular formula is C14H15N5O. The lowest BCUT2D eigenvalue weighted by Gasteiger charge is -2.37. The minimum absolute atomic E-state index is 0.390. The molecular weight excluding hydrogens is 254 g/mol. The van der Waals surface area contributed by atoms with Crippen LogP contribution in [0.4, 0.5) is 0 Å². The number of hydrogen-bond acceptors (Lipinski definition) is 5. The van der Waals surface area contributed by atoms with Crippen LogP contribution >= 0.6 is 0 Å². The van der Waals surface area contributed by atoms with Crippen molar-refractivity contribution in [1.29, 1.82) is 5.26 Å². The Morgan fingerprint density at radius 3 is 2.80 bits per heavy atom. The molecule has 2 atom stereocenters. The SMILES string of the molecule is N#Cc1cnn2cc(C3(O)CC4CCC(C3)N4)cnc12. The van der Waals surface area contributed by atoms with E-state index in [0.29, 0.717) is 36.1 Å². The van der Waals surface area contributed by atoms with Crippen LogP contribution in [-0.4, -0.2) is 31.8 Å². The molecule has 6 nitrogen and oxygen atoms in total. The molecule has 0 aromatic carbocycles. The van der Waals surface area contributed by atoms with Crippen LogP contribution in [-0.2, 0) is 5.60 Å². The number of nitrogens with one attached hydrogen (secondary N) is 1. The van der Waals surface area contributed by atoms with Gasteiger partial charge in [-0.05, 0) is 25.7 Å². The van der Waals surface area contributed by atoms with Gasteiger partial charge >= 0.3 is 0 Å². The van der Waals surface area contributed by atoms with Gasteiger partial charge in [0.2, 0.25) is 0 Å². The molecule has 0 aliphatic carbocycles. The van der Waals surface area contributed by atoms with Gasteiger partial charge in [-0.25, -0.2) is 9.50 Å². The summed E-state index contributed by atoms with van der Waals surface area (Å²) in [5.41, 5.74) is 0.943. The highest BCUT2D eigenvalue weighted by atomic mass is 16.3. The Hall–Kier alpha value is -1.97. The minimum atomic E-state index is -0.836. The third kappa shape index (κ3) is 1.64. The molecule has 4 rings (SSSR count). The molecule has 2 fully saturated rings. The van der Waals surface area contributed by atoms with Gasteiger partial charge in [0.25, 0.3) is 0 Å². The van der Waals surface area contributed by atoms with Crippen LogP contribution in [0.15, 0.2) is 18.6 Å². The molecule has 0 amide bonds. The first-order chi connectivity index (χ1) is 9.68. The van der Waals surface area contributed by atoms with Crippen LogP contribution in [0.2, 0.25) is 0 Å². The van der Waals surface area contributed by atoms with E-state index in [1.807, 2.05) is 0 Å². The monoisotopic (exact) mass is 269 g/mol. The zero-order chi connectivity index (χ0) is 13.7. The summed E-state index contributed by atoms with van der Waals surface area (Å²) in [4.78, 5) is 4.30. The fourth-order valence-electron chi connectivity index (χ4n) is 3.55. The first-order valence-corrected chi connectivity index (χ1v) is 6.90. The molecule has 2 saturated heterocycles. The fourth-order valence-corrected chi connectivity index (χ4v) is 3.55. The number of rotatable bonds is 1. The van der Waals surface area contributed by atoms with Crippen molar-refractivity contribution >= 4 is 5.65 Å². The molecule has 2 aliphatic rings. The maximum Gasteiger partial charge on any atom is 0.172 e. The van der Waals surface area contributed by atoms with Crippen molar-refractivity contribution < 1.29 is 5.11 Å². The average molecular weight is 269 g/mol. The Labute approximate surface area is 116 Å². The predicted molar refractivity (Wildman–Crippen MR) is 70.8 cm³/mol. The molecule has 2 N–H and O–H groups in total. The number of fused-ring (bicyclic) bond motifs is 3. The molecule has 0 spiro atoms. The highest BCUT2D eigenvalue weighted by Crippen LogP contribution is 2.40. The van der Waals surface area contributed by atoms with E-state index in [2.05, 4.69) is 21.5 Å². The summed E-state index contributed by atoms with van der Waals surface area (Å²) in [6, 6.07) is 2.85. The van der Waals surface area contributed by atoms with Crippen LogP contribution in [0, 0.1) is 11.3 Å². The van der Waals surface area contributed by atoms with Gasteiger partial charge in [-0.15, -0.1) is 0 Å². The molecule has 2 aliphatic heterocycles. The summed E-state index contributed by atoms with van der Waals surface area (Å²) in [5, 5.41) is 27.6. The second-order valence-electron chi connectivity index (χ2n) is 5.86. The lowest BCUT2D eigenvalue weighted by molar-refractivity contribution is -0.0121. The van der Waals surface area contributed by atoms with Gasteiger partial charge in [-0.1, -0.05) is 0 Å². The van der Waals surface area contributed by atoms with Crippen LogP contribution in [0.25, 0.3) is 5.65 Å². The number of aromatic nitrogens is 3. The van der Waals surface area contributed by atoms with Crippen molar-refractivity contribution in [2.24, 2.45) is 0 Å². The van der Waals surface area contributed by atoms with Crippen LogP contribution < -0.4 is 5.32 Å². The van der Waals surface area contributed by atoms with Crippen molar-refractivity contribution in [2.45, 2.75) is 43.4 Å². The molecule has 2 aromatic heterocycles. The second kappa shape index (κ2) is 4.01. The lowest BCUT2D eigenvalue weighted by atomic mass is 9.83. The molecule has 2 unspecified atom stereocenters. The van der Waals surface area contributed by atoms with E-state index < -0.39 is 5.60 Å². The van der Waals surface area contributed by atoms with E-state index in [-0.39, 0.29) is 0 Å². The number of piperidine rings is 1. The highest BCUT2D eigenvalue weighted by Gasteiger charge is 2.43. The third-order valence-corrected chi connectivity index (χ3v) is 4.52. The van der Waals surface area contributed by atoms with Gasteiger partial charge in [-0.3, -0.25) is 0 Å². The lowest BCUT2D eigenvalue weighted by Crippen LogP contribution is -2.46. The van der Waals surface area contributed by atoms with Gasteiger partial charge in [0.15, 0.2) is 5.65 Å². The summed E-state index contributed by atoms with van der Waals surface area (Å²) < 4.78 is 1.58. The normalized spacial score (nSPS) is 32.4. The van der Waals surface area contributed by atoms with Crippen molar-refractivity contribution in [2.75, 3.05) is 0 Å². The molecule has 2 bridgehead atoms. The number of hydrogen-bond donors (Lipinski definition) is 2. The zero-order valence-corrected chi connectivity index (χ0v) is 11.0. The van der Waals surface area contributed by atoms with Crippen LogP contribution in [0.3, 0.4) is 0 Å². The summed E-state index contributed by atoms with van der Waals surface area (Å²) >= 11 is 0. The minimum Gasteiger partial charge on any atom is -0.385 e. The zero-order valence-electron chi connectivity index (χ0n) is 11.0.